The van der Waals surface area contributed by atoms with Crippen molar-refractivity contribution in [1.82, 2.24) is 9.55 Å². The second-order valence-corrected chi connectivity index (χ2v) is 6.40. The van der Waals surface area contributed by atoms with Crippen LogP contribution in [-0.2, 0) is 13.0 Å². The molecule has 0 spiro atoms. The fourth-order valence-corrected chi connectivity index (χ4v) is 3.22. The molecule has 3 aromatic rings. The van der Waals surface area contributed by atoms with E-state index in [2.05, 4.69) is 67.8 Å². The molecular formula is C21H26N2O. The molecule has 0 aliphatic carbocycles. The van der Waals surface area contributed by atoms with Crippen molar-refractivity contribution in [3.63, 3.8) is 0 Å². The maximum Gasteiger partial charge on any atom is 0.119 e. The van der Waals surface area contributed by atoms with Gasteiger partial charge in [-0.2, -0.15) is 0 Å². The van der Waals surface area contributed by atoms with Crippen LogP contribution in [0.3, 0.4) is 0 Å². The first-order chi connectivity index (χ1) is 11.7. The van der Waals surface area contributed by atoms with Crippen molar-refractivity contribution in [1.29, 1.82) is 0 Å². The van der Waals surface area contributed by atoms with Crippen molar-refractivity contribution in [3.05, 3.63) is 59.4 Å². The van der Waals surface area contributed by atoms with Crippen molar-refractivity contribution in [2.45, 2.75) is 46.6 Å². The predicted octanol–water partition coefficient (Wildman–Crippen LogP) is 5.07. The molecule has 0 atom stereocenters. The van der Waals surface area contributed by atoms with Gasteiger partial charge in [-0.1, -0.05) is 25.1 Å². The summed E-state index contributed by atoms with van der Waals surface area (Å²) in [6, 6.07) is 14.8. The minimum atomic E-state index is 0.761. The Labute approximate surface area is 144 Å². The van der Waals surface area contributed by atoms with Crippen LogP contribution in [0.5, 0.6) is 5.75 Å². The molecule has 2 aromatic carbocycles. The average Bonchev–Trinajstić information content (AvgIpc) is 2.91. The van der Waals surface area contributed by atoms with Crippen LogP contribution in [0.25, 0.3) is 11.0 Å². The molecule has 3 heteroatoms. The lowest BCUT2D eigenvalue weighted by molar-refractivity contribution is 0.303. The van der Waals surface area contributed by atoms with Gasteiger partial charge in [0.05, 0.1) is 17.6 Å². The third kappa shape index (κ3) is 3.78. The molecule has 0 N–H and O–H groups in total. The summed E-state index contributed by atoms with van der Waals surface area (Å²) in [5.41, 5.74) is 4.84. The highest BCUT2D eigenvalue weighted by molar-refractivity contribution is 5.75. The van der Waals surface area contributed by atoms with Gasteiger partial charge in [0.25, 0.3) is 0 Å². The maximum absolute atomic E-state index is 5.91. The molecule has 0 aliphatic rings. The zero-order valence-corrected chi connectivity index (χ0v) is 14.9. The number of benzene rings is 2. The van der Waals surface area contributed by atoms with Crippen molar-refractivity contribution >= 4 is 11.0 Å². The molecule has 1 aromatic heterocycles. The second-order valence-electron chi connectivity index (χ2n) is 6.40. The normalized spacial score (nSPS) is 11.1. The van der Waals surface area contributed by atoms with E-state index in [1.807, 2.05) is 0 Å². The van der Waals surface area contributed by atoms with Crippen LogP contribution in [0.4, 0.5) is 0 Å². The standard InChI is InChI=1S/C21H26N2O/c1-4-21-22-19-9-5-6-10-20(19)23(21)11-7-8-12-24-18-14-16(2)13-17(3)15-18/h5-6,9-10,13-15H,4,7-8,11-12H2,1-3H3. The number of imidazole rings is 1. The van der Waals surface area contributed by atoms with Gasteiger partial charge >= 0.3 is 0 Å². The predicted molar refractivity (Wildman–Crippen MR) is 99.8 cm³/mol. The quantitative estimate of drug-likeness (QED) is 0.568. The largest absolute Gasteiger partial charge is 0.494 e. The van der Waals surface area contributed by atoms with Crippen LogP contribution >= 0.6 is 0 Å². The number of aryl methyl sites for hydroxylation is 4. The second kappa shape index (κ2) is 7.52. The molecule has 0 amide bonds. The third-order valence-corrected chi connectivity index (χ3v) is 4.29. The number of aromatic nitrogens is 2. The van der Waals surface area contributed by atoms with Crippen molar-refractivity contribution in [2.24, 2.45) is 0 Å². The first kappa shape index (κ1) is 16.6. The van der Waals surface area contributed by atoms with E-state index in [1.54, 1.807) is 0 Å². The van der Waals surface area contributed by atoms with Gasteiger partial charge in [0.15, 0.2) is 0 Å². The summed E-state index contributed by atoms with van der Waals surface area (Å²) < 4.78 is 8.26. The number of rotatable bonds is 7. The number of hydrogen-bond donors (Lipinski definition) is 0. The maximum atomic E-state index is 5.91. The Morgan fingerprint density at radius 3 is 2.50 bits per heavy atom. The summed E-state index contributed by atoms with van der Waals surface area (Å²) in [5.74, 6) is 2.15. The number of hydrogen-bond acceptors (Lipinski definition) is 2. The fraction of sp³-hybridized carbons (Fsp3) is 0.381. The van der Waals surface area contributed by atoms with Crippen LogP contribution in [0, 0.1) is 13.8 Å². The molecule has 0 saturated heterocycles. The van der Waals surface area contributed by atoms with Crippen LogP contribution < -0.4 is 4.74 Å². The van der Waals surface area contributed by atoms with Gasteiger partial charge in [-0.25, -0.2) is 4.98 Å². The van der Waals surface area contributed by atoms with Gasteiger partial charge in [0.1, 0.15) is 11.6 Å². The number of nitrogens with zero attached hydrogens (tertiary/aromatic N) is 2. The first-order valence-electron chi connectivity index (χ1n) is 8.82. The molecule has 3 nitrogen and oxygen atoms in total. The van der Waals surface area contributed by atoms with E-state index < -0.39 is 0 Å². The van der Waals surface area contributed by atoms with Gasteiger partial charge in [0, 0.05) is 13.0 Å². The van der Waals surface area contributed by atoms with E-state index in [1.165, 1.54) is 22.5 Å². The number of unbranched alkanes of at least 4 members (excludes halogenated alkanes) is 1. The van der Waals surface area contributed by atoms with E-state index in [4.69, 9.17) is 9.72 Å². The Bertz CT molecular complexity index is 800. The minimum absolute atomic E-state index is 0.761. The third-order valence-electron chi connectivity index (χ3n) is 4.29. The number of fused-ring (bicyclic) bond motifs is 1. The molecule has 0 fully saturated rings. The molecule has 1 heterocycles. The van der Waals surface area contributed by atoms with Crippen LogP contribution in [0.15, 0.2) is 42.5 Å². The monoisotopic (exact) mass is 322 g/mol. The van der Waals surface area contributed by atoms with Gasteiger partial charge in [-0.15, -0.1) is 0 Å². The lowest BCUT2D eigenvalue weighted by Crippen LogP contribution is -2.05. The lowest BCUT2D eigenvalue weighted by Gasteiger charge is -2.10. The molecule has 0 radical (unpaired) electrons. The van der Waals surface area contributed by atoms with Crippen LogP contribution in [0.2, 0.25) is 0 Å². The molecule has 0 aliphatic heterocycles. The number of ether oxygens (including phenoxy) is 1. The lowest BCUT2D eigenvalue weighted by atomic mass is 10.1. The average molecular weight is 322 g/mol. The zero-order valence-electron chi connectivity index (χ0n) is 14.9. The Balaban J connectivity index is 1.55. The van der Waals surface area contributed by atoms with E-state index >= 15 is 0 Å². The molecule has 0 unspecified atom stereocenters. The highest BCUT2D eigenvalue weighted by atomic mass is 16.5. The summed E-state index contributed by atoms with van der Waals surface area (Å²) >= 11 is 0. The van der Waals surface area contributed by atoms with E-state index in [-0.39, 0.29) is 0 Å². The molecule has 24 heavy (non-hydrogen) atoms. The SMILES string of the molecule is CCc1nc2ccccc2n1CCCCOc1cc(C)cc(C)c1. The Kier molecular flexibility index (Phi) is 5.19. The van der Waals surface area contributed by atoms with Crippen molar-refractivity contribution in [3.8, 4) is 5.75 Å². The first-order valence-corrected chi connectivity index (χ1v) is 8.82. The fourth-order valence-electron chi connectivity index (χ4n) is 3.22. The molecular weight excluding hydrogens is 296 g/mol. The highest BCUT2D eigenvalue weighted by Gasteiger charge is 2.08. The zero-order chi connectivity index (χ0) is 16.9. The minimum Gasteiger partial charge on any atom is -0.494 e. The molecule has 126 valence electrons. The van der Waals surface area contributed by atoms with Gasteiger partial charge in [0.2, 0.25) is 0 Å². The van der Waals surface area contributed by atoms with E-state index in [9.17, 15) is 0 Å². The van der Waals surface area contributed by atoms with Crippen molar-refractivity contribution < 1.29 is 4.74 Å². The van der Waals surface area contributed by atoms with Gasteiger partial charge in [-0.3, -0.25) is 0 Å². The summed E-state index contributed by atoms with van der Waals surface area (Å²) in [5, 5.41) is 0. The van der Waals surface area contributed by atoms with E-state index in [0.717, 1.165) is 43.7 Å². The van der Waals surface area contributed by atoms with E-state index in [0.29, 0.717) is 0 Å². The smallest absolute Gasteiger partial charge is 0.119 e. The van der Waals surface area contributed by atoms with Crippen molar-refractivity contribution in [2.75, 3.05) is 6.61 Å². The Morgan fingerprint density at radius 1 is 1.00 bits per heavy atom. The summed E-state index contributed by atoms with van der Waals surface area (Å²) in [7, 11) is 0. The Hall–Kier alpha value is -2.29. The highest BCUT2D eigenvalue weighted by Crippen LogP contribution is 2.18. The summed E-state index contributed by atoms with van der Waals surface area (Å²) in [6.45, 7) is 8.14. The molecule has 0 bridgehead atoms. The topological polar surface area (TPSA) is 27.1 Å². The summed E-state index contributed by atoms with van der Waals surface area (Å²) in [4.78, 5) is 4.73. The van der Waals surface area contributed by atoms with Gasteiger partial charge < -0.3 is 9.30 Å². The molecule has 3 rings (SSSR count). The van der Waals surface area contributed by atoms with Gasteiger partial charge in [-0.05, 0) is 62.1 Å². The summed E-state index contributed by atoms with van der Waals surface area (Å²) in [6.07, 6.45) is 3.11. The number of para-hydroxylation sites is 2. The Morgan fingerprint density at radius 2 is 1.75 bits per heavy atom. The van der Waals surface area contributed by atoms with Crippen LogP contribution in [-0.4, -0.2) is 16.2 Å². The van der Waals surface area contributed by atoms with Crippen LogP contribution in [0.1, 0.15) is 36.7 Å². The molecule has 0 saturated carbocycles.